The van der Waals surface area contributed by atoms with Crippen LogP contribution >= 0.6 is 0 Å². The zero-order valence-electron chi connectivity index (χ0n) is 14.1. The summed E-state index contributed by atoms with van der Waals surface area (Å²) < 4.78 is 1.84. The monoisotopic (exact) mass is 310 g/mol. The smallest absolute Gasteiger partial charge is 0.194 e. The normalized spacial score (nSPS) is 16.0. The van der Waals surface area contributed by atoms with Crippen molar-refractivity contribution in [1.29, 1.82) is 0 Å². The molecular weight excluding hydrogens is 288 g/mol. The summed E-state index contributed by atoms with van der Waals surface area (Å²) >= 11 is 0. The molecule has 0 aliphatic heterocycles. The van der Waals surface area contributed by atoms with Crippen molar-refractivity contribution < 1.29 is 4.79 Å². The molecule has 0 spiro atoms. The number of aryl methyl sites for hydroxylation is 1. The fourth-order valence-electron chi connectivity index (χ4n) is 3.05. The van der Waals surface area contributed by atoms with Crippen molar-refractivity contribution in [3.05, 3.63) is 53.1 Å². The fourth-order valence-corrected chi connectivity index (χ4v) is 3.05. The second-order valence-electron chi connectivity index (χ2n) is 6.41. The minimum Gasteiger partial charge on any atom is -0.383 e. The largest absolute Gasteiger partial charge is 0.383 e. The van der Waals surface area contributed by atoms with Crippen molar-refractivity contribution in [2.24, 2.45) is 0 Å². The van der Waals surface area contributed by atoms with E-state index in [0.717, 1.165) is 41.2 Å². The van der Waals surface area contributed by atoms with Crippen LogP contribution in [0, 0.1) is 0 Å². The molecule has 0 fully saturated rings. The highest BCUT2D eigenvalue weighted by Crippen LogP contribution is 2.32. The van der Waals surface area contributed by atoms with Crippen LogP contribution in [0.2, 0.25) is 0 Å². The Balaban J connectivity index is 2.17. The van der Waals surface area contributed by atoms with E-state index in [9.17, 15) is 4.79 Å². The minimum absolute atomic E-state index is 0.103. The first-order chi connectivity index (χ1) is 11.0. The Morgan fingerprint density at radius 2 is 2.04 bits per heavy atom. The molecule has 0 saturated carbocycles. The van der Waals surface area contributed by atoms with Gasteiger partial charge in [-0.2, -0.15) is 5.10 Å². The molecule has 0 N–H and O–H groups in total. The van der Waals surface area contributed by atoms with E-state index < -0.39 is 0 Å². The van der Waals surface area contributed by atoms with Gasteiger partial charge >= 0.3 is 0 Å². The summed E-state index contributed by atoms with van der Waals surface area (Å²) in [4.78, 5) is 19.3. The SMILES string of the molecule is CC(C)c1c2c(nn1-c1ccccn1)CC/C(=C\N(C)C)C2=O. The topological polar surface area (TPSA) is 51.0 Å². The number of hydrogen-bond donors (Lipinski definition) is 0. The molecule has 1 aliphatic rings. The Bertz CT molecular complexity index is 757. The highest BCUT2D eigenvalue weighted by Gasteiger charge is 2.31. The van der Waals surface area contributed by atoms with E-state index in [1.54, 1.807) is 6.20 Å². The number of nitrogens with zero attached hydrogens (tertiary/aromatic N) is 4. The van der Waals surface area contributed by atoms with Crippen molar-refractivity contribution in [1.82, 2.24) is 19.7 Å². The molecule has 2 aromatic rings. The van der Waals surface area contributed by atoms with Crippen LogP contribution in [0.4, 0.5) is 0 Å². The number of carbonyl (C=O) groups is 1. The van der Waals surface area contributed by atoms with E-state index in [4.69, 9.17) is 5.10 Å². The van der Waals surface area contributed by atoms with Gasteiger partial charge in [-0.15, -0.1) is 0 Å². The molecule has 0 bridgehead atoms. The molecule has 23 heavy (non-hydrogen) atoms. The average molecular weight is 310 g/mol. The number of carbonyl (C=O) groups excluding carboxylic acids is 1. The third-order valence-electron chi connectivity index (χ3n) is 3.97. The van der Waals surface area contributed by atoms with Crippen LogP contribution in [-0.2, 0) is 6.42 Å². The number of ketones is 1. The molecule has 0 amide bonds. The molecule has 1 aliphatic carbocycles. The van der Waals surface area contributed by atoms with Crippen LogP contribution in [-0.4, -0.2) is 39.5 Å². The summed E-state index contributed by atoms with van der Waals surface area (Å²) in [5, 5.41) is 4.70. The predicted octanol–water partition coefficient (Wildman–Crippen LogP) is 2.97. The van der Waals surface area contributed by atoms with Gasteiger partial charge in [-0.3, -0.25) is 4.79 Å². The van der Waals surface area contributed by atoms with E-state index in [1.165, 1.54) is 0 Å². The minimum atomic E-state index is 0.103. The van der Waals surface area contributed by atoms with E-state index in [-0.39, 0.29) is 11.7 Å². The number of pyridine rings is 1. The van der Waals surface area contributed by atoms with Crippen molar-refractivity contribution >= 4 is 5.78 Å². The summed E-state index contributed by atoms with van der Waals surface area (Å²) in [7, 11) is 3.88. The van der Waals surface area contributed by atoms with Crippen LogP contribution in [0.1, 0.15) is 47.9 Å². The Kier molecular flexibility index (Phi) is 4.03. The number of aromatic nitrogens is 3. The van der Waals surface area contributed by atoms with Gasteiger partial charge in [-0.05, 0) is 30.9 Å². The van der Waals surface area contributed by atoms with Crippen molar-refractivity contribution in [2.45, 2.75) is 32.6 Å². The molecule has 0 radical (unpaired) electrons. The Labute approximate surface area is 136 Å². The predicted molar refractivity (Wildman–Crippen MR) is 89.9 cm³/mol. The van der Waals surface area contributed by atoms with Crippen molar-refractivity contribution in [3.63, 3.8) is 0 Å². The fraction of sp³-hybridized carbons (Fsp3) is 0.389. The van der Waals surface area contributed by atoms with Crippen molar-refractivity contribution in [3.8, 4) is 5.82 Å². The summed E-state index contributed by atoms with van der Waals surface area (Å²) in [5.74, 6) is 1.05. The number of allylic oxidation sites excluding steroid dienone is 1. The summed E-state index contributed by atoms with van der Waals surface area (Å²) in [6.45, 7) is 4.18. The van der Waals surface area contributed by atoms with Gasteiger partial charge in [0.1, 0.15) is 0 Å². The first-order valence-electron chi connectivity index (χ1n) is 7.94. The molecule has 2 aromatic heterocycles. The number of Topliss-reactive ketones (excluding diaryl/α,β-unsaturated/α-hetero) is 1. The molecule has 0 saturated heterocycles. The Morgan fingerprint density at radius 3 is 2.65 bits per heavy atom. The molecule has 120 valence electrons. The second kappa shape index (κ2) is 5.99. The highest BCUT2D eigenvalue weighted by molar-refractivity contribution is 6.11. The van der Waals surface area contributed by atoms with Crippen LogP contribution in [0.25, 0.3) is 5.82 Å². The molecule has 0 atom stereocenters. The molecule has 5 nitrogen and oxygen atoms in total. The molecule has 0 unspecified atom stereocenters. The maximum Gasteiger partial charge on any atom is 0.194 e. The second-order valence-corrected chi connectivity index (χ2v) is 6.41. The van der Waals surface area contributed by atoms with Gasteiger partial charge in [-0.1, -0.05) is 19.9 Å². The Morgan fingerprint density at radius 1 is 1.26 bits per heavy atom. The van der Waals surface area contributed by atoms with Crippen LogP contribution in [0.5, 0.6) is 0 Å². The molecule has 3 rings (SSSR count). The maximum atomic E-state index is 13.0. The number of rotatable bonds is 3. The lowest BCUT2D eigenvalue weighted by Crippen LogP contribution is -2.18. The summed E-state index contributed by atoms with van der Waals surface area (Å²) in [6.07, 6.45) is 5.20. The van der Waals surface area contributed by atoms with Crippen LogP contribution < -0.4 is 0 Å². The molecule has 0 aromatic carbocycles. The molecule has 2 heterocycles. The summed E-state index contributed by atoms with van der Waals surface area (Å²) in [5.41, 5.74) is 3.46. The molecular formula is C18H22N4O. The van der Waals surface area contributed by atoms with Gasteiger partial charge in [0.05, 0.1) is 17.0 Å². The number of hydrogen-bond acceptors (Lipinski definition) is 4. The third kappa shape index (κ3) is 2.79. The quantitative estimate of drug-likeness (QED) is 0.818. The van der Waals surface area contributed by atoms with E-state index in [1.807, 2.05) is 48.1 Å². The van der Waals surface area contributed by atoms with E-state index >= 15 is 0 Å². The lowest BCUT2D eigenvalue weighted by Gasteiger charge is -2.17. The average Bonchev–Trinajstić information content (AvgIpc) is 2.91. The number of fused-ring (bicyclic) bond motifs is 1. The van der Waals surface area contributed by atoms with Gasteiger partial charge in [0.15, 0.2) is 11.6 Å². The van der Waals surface area contributed by atoms with Gasteiger partial charge in [0.25, 0.3) is 0 Å². The van der Waals surface area contributed by atoms with Crippen LogP contribution in [0.15, 0.2) is 36.2 Å². The first-order valence-corrected chi connectivity index (χ1v) is 7.94. The van der Waals surface area contributed by atoms with Crippen molar-refractivity contribution in [2.75, 3.05) is 14.1 Å². The third-order valence-corrected chi connectivity index (χ3v) is 3.97. The highest BCUT2D eigenvalue weighted by atomic mass is 16.1. The van der Waals surface area contributed by atoms with E-state index in [0.29, 0.717) is 0 Å². The standard InChI is InChI=1S/C18H22N4O/c1-12(2)17-16-14(9-8-13(18(16)23)11-21(3)4)20-22(17)15-7-5-6-10-19-15/h5-7,10-12H,8-9H2,1-4H3/b13-11+. The zero-order valence-corrected chi connectivity index (χ0v) is 14.1. The van der Waals surface area contributed by atoms with Gasteiger partial charge < -0.3 is 4.90 Å². The van der Waals surface area contributed by atoms with Gasteiger partial charge in [0, 0.05) is 32.1 Å². The lowest BCUT2D eigenvalue weighted by atomic mass is 9.88. The summed E-state index contributed by atoms with van der Waals surface area (Å²) in [6, 6.07) is 5.74. The van der Waals surface area contributed by atoms with E-state index in [2.05, 4.69) is 18.8 Å². The van der Waals surface area contributed by atoms with Crippen LogP contribution in [0.3, 0.4) is 0 Å². The molecule has 5 heteroatoms. The van der Waals surface area contributed by atoms with Gasteiger partial charge in [-0.25, -0.2) is 9.67 Å². The Hall–Kier alpha value is -2.43. The lowest BCUT2D eigenvalue weighted by molar-refractivity contribution is 0.102. The maximum absolute atomic E-state index is 13.0. The first kappa shape index (κ1) is 15.5. The zero-order chi connectivity index (χ0) is 16.6. The van der Waals surface area contributed by atoms with Gasteiger partial charge in [0.2, 0.25) is 0 Å².